The zero-order chi connectivity index (χ0) is 21.8. The van der Waals surface area contributed by atoms with Gasteiger partial charge in [0.05, 0.1) is 14.2 Å². The topological polar surface area (TPSA) is 39.7 Å². The van der Waals surface area contributed by atoms with Crippen LogP contribution in [0.3, 0.4) is 0 Å². The van der Waals surface area contributed by atoms with Crippen LogP contribution >= 0.6 is 0 Å². The smallest absolute Gasteiger partial charge is 0.161 e. The SMILES string of the molecule is CCCC(CCNCc1ccc(OC)c(OC)c1)(CCOCC)c1ccc(F)cc1. The molecule has 2 aromatic carbocycles. The van der Waals surface area contributed by atoms with Crippen molar-refractivity contribution in [2.45, 2.75) is 51.5 Å². The van der Waals surface area contributed by atoms with Gasteiger partial charge in [-0.1, -0.05) is 31.5 Å². The lowest BCUT2D eigenvalue weighted by Gasteiger charge is -2.35. The van der Waals surface area contributed by atoms with Crippen LogP contribution in [0.25, 0.3) is 0 Å². The summed E-state index contributed by atoms with van der Waals surface area (Å²) in [7, 11) is 3.29. The Morgan fingerprint density at radius 2 is 1.63 bits per heavy atom. The third-order valence-electron chi connectivity index (χ3n) is 5.67. The van der Waals surface area contributed by atoms with Crippen molar-refractivity contribution in [3.05, 3.63) is 59.4 Å². The number of nitrogens with one attached hydrogen (secondary N) is 1. The zero-order valence-corrected chi connectivity index (χ0v) is 18.8. The van der Waals surface area contributed by atoms with E-state index in [0.717, 1.165) is 55.8 Å². The minimum Gasteiger partial charge on any atom is -0.493 e. The van der Waals surface area contributed by atoms with Gasteiger partial charge in [-0.3, -0.25) is 0 Å². The molecule has 0 spiro atoms. The van der Waals surface area contributed by atoms with Gasteiger partial charge in [-0.05, 0) is 73.5 Å². The quantitative estimate of drug-likeness (QED) is 0.413. The molecule has 5 heteroatoms. The van der Waals surface area contributed by atoms with Crippen molar-refractivity contribution in [2.24, 2.45) is 0 Å². The van der Waals surface area contributed by atoms with Gasteiger partial charge in [-0.15, -0.1) is 0 Å². The molecule has 0 saturated heterocycles. The molecule has 30 heavy (non-hydrogen) atoms. The molecule has 0 bridgehead atoms. The molecule has 2 rings (SSSR count). The van der Waals surface area contributed by atoms with Gasteiger partial charge in [0.2, 0.25) is 0 Å². The van der Waals surface area contributed by atoms with E-state index in [4.69, 9.17) is 14.2 Å². The van der Waals surface area contributed by atoms with Crippen molar-refractivity contribution in [3.63, 3.8) is 0 Å². The van der Waals surface area contributed by atoms with E-state index < -0.39 is 0 Å². The summed E-state index contributed by atoms with van der Waals surface area (Å²) in [6, 6.07) is 13.0. The monoisotopic (exact) mass is 417 g/mol. The van der Waals surface area contributed by atoms with Gasteiger partial charge in [0, 0.05) is 19.8 Å². The van der Waals surface area contributed by atoms with Crippen LogP contribution < -0.4 is 14.8 Å². The van der Waals surface area contributed by atoms with Crippen molar-refractivity contribution >= 4 is 0 Å². The minimum absolute atomic E-state index is 0.0256. The van der Waals surface area contributed by atoms with Gasteiger partial charge in [-0.2, -0.15) is 0 Å². The molecule has 0 radical (unpaired) electrons. The fourth-order valence-electron chi connectivity index (χ4n) is 4.05. The molecule has 0 amide bonds. The lowest BCUT2D eigenvalue weighted by molar-refractivity contribution is 0.119. The van der Waals surface area contributed by atoms with Gasteiger partial charge < -0.3 is 19.5 Å². The molecule has 0 aliphatic heterocycles. The molecule has 0 aliphatic carbocycles. The average Bonchev–Trinajstić information content (AvgIpc) is 2.77. The third-order valence-corrected chi connectivity index (χ3v) is 5.67. The fourth-order valence-corrected chi connectivity index (χ4v) is 4.05. The van der Waals surface area contributed by atoms with Crippen molar-refractivity contribution in [3.8, 4) is 11.5 Å². The van der Waals surface area contributed by atoms with Gasteiger partial charge in [0.15, 0.2) is 11.5 Å². The summed E-state index contributed by atoms with van der Waals surface area (Å²) in [6.07, 6.45) is 4.01. The molecule has 4 nitrogen and oxygen atoms in total. The van der Waals surface area contributed by atoms with Crippen molar-refractivity contribution in [1.82, 2.24) is 5.32 Å². The maximum absolute atomic E-state index is 13.5. The number of ether oxygens (including phenoxy) is 3. The maximum Gasteiger partial charge on any atom is 0.161 e. The molecule has 1 unspecified atom stereocenters. The molecule has 1 N–H and O–H groups in total. The number of hydrogen-bond acceptors (Lipinski definition) is 4. The Morgan fingerprint density at radius 3 is 2.27 bits per heavy atom. The van der Waals surface area contributed by atoms with Crippen LogP contribution in [-0.2, 0) is 16.7 Å². The lowest BCUT2D eigenvalue weighted by atomic mass is 9.72. The summed E-state index contributed by atoms with van der Waals surface area (Å²) in [5.41, 5.74) is 2.31. The fraction of sp³-hybridized carbons (Fsp3) is 0.520. The van der Waals surface area contributed by atoms with Crippen molar-refractivity contribution in [2.75, 3.05) is 34.0 Å². The first-order valence-corrected chi connectivity index (χ1v) is 10.8. The standard InChI is InChI=1S/C25H36FNO3/c1-5-13-25(15-17-30-6-2,21-8-10-22(26)11-9-21)14-16-27-19-20-7-12-23(28-3)24(18-20)29-4/h7-12,18,27H,5-6,13-17,19H2,1-4H3. The Hall–Kier alpha value is -2.11. The first kappa shape index (κ1) is 24.2. The number of halogens is 1. The van der Waals surface area contributed by atoms with Crippen LogP contribution in [0, 0.1) is 5.82 Å². The number of hydrogen-bond donors (Lipinski definition) is 1. The Morgan fingerprint density at radius 1 is 0.900 bits per heavy atom. The average molecular weight is 418 g/mol. The van der Waals surface area contributed by atoms with E-state index in [0.29, 0.717) is 13.2 Å². The molecule has 2 aromatic rings. The molecule has 0 fully saturated rings. The molecular weight excluding hydrogens is 381 g/mol. The van der Waals surface area contributed by atoms with Crippen LogP contribution in [0.4, 0.5) is 4.39 Å². The third kappa shape index (κ3) is 6.71. The van der Waals surface area contributed by atoms with Crippen LogP contribution in [0.1, 0.15) is 50.7 Å². The molecule has 0 heterocycles. The molecule has 1 atom stereocenters. The first-order valence-electron chi connectivity index (χ1n) is 10.8. The predicted octanol–water partition coefficient (Wildman–Crippen LogP) is 5.49. The largest absolute Gasteiger partial charge is 0.493 e. The summed E-state index contributed by atoms with van der Waals surface area (Å²) < 4.78 is 29.9. The van der Waals surface area contributed by atoms with E-state index in [9.17, 15) is 4.39 Å². The summed E-state index contributed by atoms with van der Waals surface area (Å²) in [6.45, 7) is 7.25. The van der Waals surface area contributed by atoms with E-state index in [2.05, 4.69) is 12.2 Å². The Labute approximate surface area is 180 Å². The summed E-state index contributed by atoms with van der Waals surface area (Å²) in [5, 5.41) is 3.56. The highest BCUT2D eigenvalue weighted by Crippen LogP contribution is 2.37. The second kappa shape index (κ2) is 12.6. The van der Waals surface area contributed by atoms with Crippen LogP contribution in [-0.4, -0.2) is 34.0 Å². The van der Waals surface area contributed by atoms with Crippen LogP contribution in [0.5, 0.6) is 11.5 Å². The molecule has 0 aromatic heterocycles. The minimum atomic E-state index is -0.194. The summed E-state index contributed by atoms with van der Waals surface area (Å²) >= 11 is 0. The van der Waals surface area contributed by atoms with Gasteiger partial charge in [0.1, 0.15) is 5.82 Å². The highest BCUT2D eigenvalue weighted by molar-refractivity contribution is 5.42. The molecular formula is C25H36FNO3. The number of methoxy groups -OCH3 is 2. The lowest BCUT2D eigenvalue weighted by Crippen LogP contribution is -2.32. The van der Waals surface area contributed by atoms with Gasteiger partial charge in [0.25, 0.3) is 0 Å². The first-order chi connectivity index (χ1) is 14.6. The van der Waals surface area contributed by atoms with Crippen molar-refractivity contribution < 1.29 is 18.6 Å². The second-order valence-electron chi connectivity index (χ2n) is 7.60. The molecule has 166 valence electrons. The summed E-state index contributed by atoms with van der Waals surface area (Å²) in [5.74, 6) is 1.27. The van der Waals surface area contributed by atoms with Crippen molar-refractivity contribution in [1.29, 1.82) is 0 Å². The highest BCUT2D eigenvalue weighted by atomic mass is 19.1. The van der Waals surface area contributed by atoms with E-state index in [1.165, 1.54) is 5.56 Å². The Bertz CT molecular complexity index is 751. The Kier molecular flexibility index (Phi) is 10.1. The second-order valence-corrected chi connectivity index (χ2v) is 7.60. The molecule has 0 aliphatic rings. The van der Waals surface area contributed by atoms with Crippen LogP contribution in [0.2, 0.25) is 0 Å². The van der Waals surface area contributed by atoms with E-state index in [1.807, 2.05) is 37.3 Å². The summed E-state index contributed by atoms with van der Waals surface area (Å²) in [4.78, 5) is 0. The number of rotatable bonds is 14. The zero-order valence-electron chi connectivity index (χ0n) is 18.8. The number of benzene rings is 2. The highest BCUT2D eigenvalue weighted by Gasteiger charge is 2.30. The predicted molar refractivity (Wildman–Crippen MR) is 120 cm³/mol. The maximum atomic E-state index is 13.5. The van der Waals surface area contributed by atoms with E-state index in [1.54, 1.807) is 26.4 Å². The normalized spacial score (nSPS) is 13.1. The van der Waals surface area contributed by atoms with E-state index >= 15 is 0 Å². The van der Waals surface area contributed by atoms with E-state index in [-0.39, 0.29) is 11.2 Å². The molecule has 0 saturated carbocycles. The van der Waals surface area contributed by atoms with Crippen LogP contribution in [0.15, 0.2) is 42.5 Å². The van der Waals surface area contributed by atoms with Gasteiger partial charge in [-0.25, -0.2) is 4.39 Å². The Balaban J connectivity index is 2.07. The van der Waals surface area contributed by atoms with Gasteiger partial charge >= 0.3 is 0 Å².